The van der Waals surface area contributed by atoms with E-state index in [4.69, 9.17) is 11.6 Å². The lowest BCUT2D eigenvalue weighted by Gasteiger charge is -2.30. The lowest BCUT2D eigenvalue weighted by atomic mass is 9.94. The number of rotatable bonds is 7. The first kappa shape index (κ1) is 40.4. The van der Waals surface area contributed by atoms with E-state index >= 15 is 0 Å². The zero-order chi connectivity index (χ0) is 41.1. The lowest BCUT2D eigenvalue weighted by molar-refractivity contribution is 0.741. The number of fused-ring (bicyclic) bond motifs is 4. The van der Waals surface area contributed by atoms with Gasteiger partial charge in [0.1, 0.15) is 0 Å². The molecule has 59 heavy (non-hydrogen) atoms. The fourth-order valence-corrected chi connectivity index (χ4v) is 7.71. The van der Waals surface area contributed by atoms with Gasteiger partial charge in [-0.05, 0) is 120 Å². The highest BCUT2D eigenvalue weighted by Gasteiger charge is 2.20. The van der Waals surface area contributed by atoms with Crippen LogP contribution in [-0.2, 0) is 19.5 Å². The van der Waals surface area contributed by atoms with Gasteiger partial charge in [-0.3, -0.25) is 11.3 Å². The minimum absolute atomic E-state index is 0.627. The van der Waals surface area contributed by atoms with Crippen molar-refractivity contribution in [2.45, 2.75) is 40.3 Å². The van der Waals surface area contributed by atoms with Gasteiger partial charge in [0.2, 0.25) is 0 Å². The number of aromatic nitrogens is 1. The van der Waals surface area contributed by atoms with Gasteiger partial charge in [-0.25, -0.2) is 0 Å². The maximum Gasteiger partial charge on any atom is 0.0541 e. The monoisotopic (exact) mass is 771 g/mol. The van der Waals surface area contributed by atoms with Gasteiger partial charge in [-0.2, -0.15) is 0 Å². The molecule has 1 aliphatic heterocycles. The first-order chi connectivity index (χ1) is 28.9. The fraction of sp³-hybridized carbons (Fsp3) is 0.111. The van der Waals surface area contributed by atoms with Crippen LogP contribution in [0.1, 0.15) is 43.0 Å². The van der Waals surface area contributed by atoms with E-state index in [1.165, 1.54) is 44.1 Å². The maximum absolute atomic E-state index is 5.56. The summed E-state index contributed by atoms with van der Waals surface area (Å²) in [6.45, 7) is 12.2. The van der Waals surface area contributed by atoms with Crippen LogP contribution in [0.25, 0.3) is 44.2 Å². The first-order valence-electron chi connectivity index (χ1n) is 20.3. The number of allylic oxidation sites excluding steroid dienone is 5. The second kappa shape index (κ2) is 19.1. The Hall–Kier alpha value is -6.76. The van der Waals surface area contributed by atoms with E-state index < -0.39 is 0 Å². The fourth-order valence-electron chi connectivity index (χ4n) is 7.71. The van der Waals surface area contributed by atoms with Crippen LogP contribution in [0.5, 0.6) is 0 Å². The number of hydrogen-bond donors (Lipinski definition) is 3. The standard InChI is InChI=1S/C39H34N4.C8H10.C7H9N/c1-26-21-27(2)35-23-30(15-19-38(35)42(28(3)22-26)33-17-13-29(14-18-33)25-41-40)31-16-20-39-36(24-31)34-11-7-8-12-37(34)43(39)32-9-5-4-6-10-32;1-2-8-6-4-3-5-7-8;8-6-7-4-2-1-3-5-7/h4-24,41H,2,25,40H2,1,3H3;3-7H,2H2,1H3;1-5H,6,8H2/b26-21-,28-22-;;. The number of nitrogens with two attached hydrogens (primary N) is 2. The van der Waals surface area contributed by atoms with Gasteiger partial charge in [0.15, 0.2) is 0 Å². The molecule has 1 aliphatic rings. The summed E-state index contributed by atoms with van der Waals surface area (Å²) in [5.74, 6) is 5.56. The molecule has 5 N–H and O–H groups in total. The topological polar surface area (TPSA) is 72.2 Å². The van der Waals surface area contributed by atoms with Gasteiger partial charge >= 0.3 is 0 Å². The Bertz CT molecular complexity index is 2670. The van der Waals surface area contributed by atoms with Crippen molar-refractivity contribution in [3.8, 4) is 16.8 Å². The lowest BCUT2D eigenvalue weighted by Crippen LogP contribution is -2.21. The predicted octanol–water partition coefficient (Wildman–Crippen LogP) is 12.8. The molecule has 9 rings (SSSR count). The SMILES string of the molecule is C=C1/C=C(C)\C=C(\C)N(c2ccc(CNN)cc2)c2ccc(-c3ccc4c(c3)c3ccccc3n4-c3ccccc3)cc21.CCc1ccccc1.NCc1ccccc1. The Morgan fingerprint density at radius 2 is 1.15 bits per heavy atom. The second-order valence-electron chi connectivity index (χ2n) is 14.8. The van der Waals surface area contributed by atoms with Crippen molar-refractivity contribution in [1.82, 2.24) is 9.99 Å². The van der Waals surface area contributed by atoms with E-state index in [0.717, 1.165) is 51.4 Å². The Morgan fingerprint density at radius 1 is 0.559 bits per heavy atom. The highest BCUT2D eigenvalue weighted by Crippen LogP contribution is 2.41. The molecule has 5 heteroatoms. The number of nitrogens with zero attached hydrogens (tertiary/aromatic N) is 2. The van der Waals surface area contributed by atoms with Gasteiger partial charge in [0, 0.05) is 46.5 Å². The zero-order valence-corrected chi connectivity index (χ0v) is 34.3. The van der Waals surface area contributed by atoms with Crippen molar-refractivity contribution in [1.29, 1.82) is 0 Å². The Labute approximate surface area is 349 Å². The predicted molar refractivity (Wildman–Crippen MR) is 253 cm³/mol. The number of aryl methyl sites for hydroxylation is 1. The summed E-state index contributed by atoms with van der Waals surface area (Å²) in [7, 11) is 0. The molecular formula is C54H53N5. The third kappa shape index (κ3) is 9.35. The largest absolute Gasteiger partial charge is 0.326 e. The van der Waals surface area contributed by atoms with E-state index in [1.54, 1.807) is 0 Å². The van der Waals surface area contributed by atoms with Crippen molar-refractivity contribution in [3.63, 3.8) is 0 Å². The van der Waals surface area contributed by atoms with Gasteiger partial charge in [-0.1, -0.05) is 141 Å². The van der Waals surface area contributed by atoms with E-state index in [-0.39, 0.29) is 0 Å². The van der Waals surface area contributed by atoms with Crippen LogP contribution in [0.15, 0.2) is 206 Å². The highest BCUT2D eigenvalue weighted by molar-refractivity contribution is 6.10. The number of hydrogen-bond acceptors (Lipinski definition) is 4. The summed E-state index contributed by atoms with van der Waals surface area (Å²) in [6.07, 6.45) is 5.53. The maximum atomic E-state index is 5.56. The van der Waals surface area contributed by atoms with Gasteiger partial charge in [0.25, 0.3) is 0 Å². The quantitative estimate of drug-likeness (QED) is 0.111. The second-order valence-corrected chi connectivity index (χ2v) is 14.8. The number of anilines is 2. The molecule has 0 saturated heterocycles. The van der Waals surface area contributed by atoms with Crippen LogP contribution in [0.3, 0.4) is 0 Å². The molecule has 0 saturated carbocycles. The minimum atomic E-state index is 0.627. The highest BCUT2D eigenvalue weighted by atomic mass is 15.2. The molecule has 0 aliphatic carbocycles. The molecule has 1 aromatic heterocycles. The van der Waals surface area contributed by atoms with Gasteiger partial charge in [-0.15, -0.1) is 0 Å². The third-order valence-corrected chi connectivity index (χ3v) is 10.6. The summed E-state index contributed by atoms with van der Waals surface area (Å²) in [6, 6.07) is 61.8. The van der Waals surface area contributed by atoms with E-state index in [2.05, 4.69) is 194 Å². The zero-order valence-electron chi connectivity index (χ0n) is 34.3. The van der Waals surface area contributed by atoms with Crippen LogP contribution in [-0.4, -0.2) is 4.57 Å². The van der Waals surface area contributed by atoms with Gasteiger partial charge in [0.05, 0.1) is 16.7 Å². The van der Waals surface area contributed by atoms with Crippen LogP contribution in [0.4, 0.5) is 11.4 Å². The Balaban J connectivity index is 0.000000274. The number of benzene rings is 7. The normalized spacial score (nSPS) is 14.1. The molecule has 0 fully saturated rings. The van der Waals surface area contributed by atoms with Crippen molar-refractivity contribution >= 4 is 38.8 Å². The average Bonchev–Trinajstić information content (AvgIpc) is 3.62. The van der Waals surface area contributed by atoms with E-state index in [0.29, 0.717) is 13.1 Å². The Kier molecular flexibility index (Phi) is 13.1. The molecular weight excluding hydrogens is 719 g/mol. The summed E-state index contributed by atoms with van der Waals surface area (Å²) >= 11 is 0. The minimum Gasteiger partial charge on any atom is -0.326 e. The van der Waals surface area contributed by atoms with Crippen molar-refractivity contribution in [2.75, 3.05) is 4.90 Å². The third-order valence-electron chi connectivity index (χ3n) is 10.6. The number of nitrogens with one attached hydrogen (secondary N) is 1. The molecule has 0 amide bonds. The summed E-state index contributed by atoms with van der Waals surface area (Å²) < 4.78 is 2.35. The van der Waals surface area contributed by atoms with Crippen LogP contribution >= 0.6 is 0 Å². The first-order valence-corrected chi connectivity index (χ1v) is 20.3. The van der Waals surface area contributed by atoms with Gasteiger partial charge < -0.3 is 15.2 Å². The van der Waals surface area contributed by atoms with Crippen LogP contribution in [0, 0.1) is 0 Å². The summed E-state index contributed by atoms with van der Waals surface area (Å²) in [5, 5.41) is 2.49. The molecule has 0 radical (unpaired) electrons. The summed E-state index contributed by atoms with van der Waals surface area (Å²) in [5.41, 5.74) is 24.4. The summed E-state index contributed by atoms with van der Waals surface area (Å²) in [4.78, 5) is 2.32. The molecule has 294 valence electrons. The van der Waals surface area contributed by atoms with Crippen LogP contribution in [0.2, 0.25) is 0 Å². The van der Waals surface area contributed by atoms with E-state index in [9.17, 15) is 0 Å². The van der Waals surface area contributed by atoms with Crippen LogP contribution < -0.4 is 21.9 Å². The Morgan fingerprint density at radius 3 is 1.78 bits per heavy atom. The number of para-hydroxylation sites is 2. The molecule has 2 heterocycles. The number of hydrazine groups is 1. The van der Waals surface area contributed by atoms with E-state index in [1.807, 2.05) is 36.4 Å². The molecule has 0 bridgehead atoms. The average molecular weight is 772 g/mol. The van der Waals surface area contributed by atoms with Crippen molar-refractivity contribution in [2.24, 2.45) is 11.6 Å². The molecule has 8 aromatic rings. The molecule has 0 atom stereocenters. The smallest absolute Gasteiger partial charge is 0.0541 e. The molecule has 0 spiro atoms. The van der Waals surface area contributed by atoms with Crippen molar-refractivity contribution in [3.05, 3.63) is 228 Å². The molecule has 7 aromatic carbocycles. The van der Waals surface area contributed by atoms with Crippen molar-refractivity contribution < 1.29 is 0 Å². The molecule has 0 unspecified atom stereocenters. The molecule has 5 nitrogen and oxygen atoms in total.